The highest BCUT2D eigenvalue weighted by Crippen LogP contribution is 2.33. The minimum Gasteiger partial charge on any atom is -0.395 e. The molecule has 0 heterocycles. The topological polar surface area (TPSA) is 86.8 Å². The number of hydrogen-bond acceptors (Lipinski definition) is 5. The summed E-state index contributed by atoms with van der Waals surface area (Å²) in [5.41, 5.74) is 0.972. The van der Waals surface area contributed by atoms with Crippen LogP contribution in [0.15, 0.2) is 18.2 Å². The van der Waals surface area contributed by atoms with E-state index in [4.69, 9.17) is 0 Å². The van der Waals surface area contributed by atoms with Crippen LogP contribution in [-0.4, -0.2) is 34.3 Å². The number of aliphatic hydroxyl groups is 2. The maximum absolute atomic E-state index is 11.3. The van der Waals surface area contributed by atoms with Gasteiger partial charge >= 0.3 is 0 Å². The van der Waals surface area contributed by atoms with Gasteiger partial charge in [0.05, 0.1) is 17.6 Å². The van der Waals surface area contributed by atoms with E-state index in [2.05, 4.69) is 0 Å². The van der Waals surface area contributed by atoms with Crippen LogP contribution < -0.4 is 4.90 Å². The first-order valence-electron chi connectivity index (χ1n) is 7.30. The normalized spacial score (nSPS) is 12.5. The van der Waals surface area contributed by atoms with Crippen molar-refractivity contribution in [2.75, 3.05) is 18.1 Å². The van der Waals surface area contributed by atoms with Crippen LogP contribution in [0.25, 0.3) is 0 Å². The summed E-state index contributed by atoms with van der Waals surface area (Å²) in [6.07, 6.45) is 0.926. The number of hydrogen-bond donors (Lipinski definition) is 2. The fraction of sp³-hybridized carbons (Fsp3) is 0.600. The molecule has 21 heavy (non-hydrogen) atoms. The fourth-order valence-corrected chi connectivity index (χ4v) is 2.53. The van der Waals surface area contributed by atoms with Crippen molar-refractivity contribution in [1.29, 1.82) is 0 Å². The molecule has 6 heteroatoms. The molecule has 0 bridgehead atoms. The summed E-state index contributed by atoms with van der Waals surface area (Å²) in [7, 11) is 0. The predicted octanol–water partition coefficient (Wildman–Crippen LogP) is 2.64. The smallest absolute Gasteiger partial charge is 0.292 e. The molecule has 0 aliphatic rings. The molecule has 6 nitrogen and oxygen atoms in total. The highest BCUT2D eigenvalue weighted by atomic mass is 16.6. The minimum atomic E-state index is -0.753. The van der Waals surface area contributed by atoms with Gasteiger partial charge in [-0.05, 0) is 31.4 Å². The largest absolute Gasteiger partial charge is 0.395 e. The monoisotopic (exact) mass is 296 g/mol. The van der Waals surface area contributed by atoms with Gasteiger partial charge < -0.3 is 15.1 Å². The summed E-state index contributed by atoms with van der Waals surface area (Å²) in [5, 5.41) is 30.2. The van der Waals surface area contributed by atoms with Gasteiger partial charge in [0, 0.05) is 18.7 Å². The van der Waals surface area contributed by atoms with Crippen molar-refractivity contribution in [3.8, 4) is 0 Å². The lowest BCUT2D eigenvalue weighted by atomic mass is 10.1. The zero-order chi connectivity index (χ0) is 16.0. The van der Waals surface area contributed by atoms with E-state index < -0.39 is 11.0 Å². The van der Waals surface area contributed by atoms with Crippen molar-refractivity contribution in [3.05, 3.63) is 33.9 Å². The average molecular weight is 296 g/mol. The van der Waals surface area contributed by atoms with Gasteiger partial charge in [-0.1, -0.05) is 19.9 Å². The second kappa shape index (κ2) is 7.95. The summed E-state index contributed by atoms with van der Waals surface area (Å²) in [5.74, 6) is 0. The van der Waals surface area contributed by atoms with Crippen LogP contribution in [0.4, 0.5) is 11.4 Å². The second-order valence-electron chi connectivity index (χ2n) is 5.07. The van der Waals surface area contributed by atoms with Crippen molar-refractivity contribution < 1.29 is 15.1 Å². The Morgan fingerprint density at radius 2 is 1.95 bits per heavy atom. The van der Waals surface area contributed by atoms with Crippen LogP contribution >= 0.6 is 0 Å². The molecular formula is C15H24N2O4. The third-order valence-corrected chi connectivity index (χ3v) is 3.71. The zero-order valence-corrected chi connectivity index (χ0v) is 12.8. The third kappa shape index (κ3) is 4.15. The number of anilines is 1. The van der Waals surface area contributed by atoms with Gasteiger partial charge in [-0.2, -0.15) is 0 Å². The molecule has 118 valence electrons. The van der Waals surface area contributed by atoms with Crippen LogP contribution in [0.5, 0.6) is 0 Å². The molecule has 0 aromatic heterocycles. The molecule has 0 saturated heterocycles. The molecule has 0 saturated carbocycles. The lowest BCUT2D eigenvalue weighted by Gasteiger charge is -2.32. The van der Waals surface area contributed by atoms with Gasteiger partial charge in [0.15, 0.2) is 0 Å². The maximum Gasteiger partial charge on any atom is 0.292 e. The first-order chi connectivity index (χ1) is 9.96. The predicted molar refractivity (Wildman–Crippen MR) is 82.5 cm³/mol. The Bertz CT molecular complexity index is 473. The summed E-state index contributed by atoms with van der Waals surface area (Å²) in [4.78, 5) is 12.8. The van der Waals surface area contributed by atoms with Crippen LogP contribution in [0.1, 0.15) is 45.3 Å². The van der Waals surface area contributed by atoms with E-state index in [1.165, 1.54) is 6.07 Å². The lowest BCUT2D eigenvalue weighted by Crippen LogP contribution is -2.37. The summed E-state index contributed by atoms with van der Waals surface area (Å²) < 4.78 is 0. The molecule has 1 unspecified atom stereocenters. The molecule has 0 amide bonds. The number of nitrogens with zero attached hydrogens (tertiary/aromatic N) is 2. The van der Waals surface area contributed by atoms with Gasteiger partial charge in [0.1, 0.15) is 5.69 Å². The summed E-state index contributed by atoms with van der Waals surface area (Å²) in [6.45, 7) is 5.90. The van der Waals surface area contributed by atoms with E-state index in [1.54, 1.807) is 19.1 Å². The Hall–Kier alpha value is -1.66. The average Bonchev–Trinajstić information content (AvgIpc) is 2.46. The van der Waals surface area contributed by atoms with Gasteiger partial charge in [0.2, 0.25) is 0 Å². The fourth-order valence-electron chi connectivity index (χ4n) is 2.53. The molecule has 1 aromatic rings. The van der Waals surface area contributed by atoms with Crippen molar-refractivity contribution in [2.45, 2.75) is 45.8 Å². The number of nitro groups is 1. The van der Waals surface area contributed by atoms with Gasteiger partial charge in [0.25, 0.3) is 5.69 Å². The molecule has 0 radical (unpaired) electrons. The first kappa shape index (κ1) is 17.4. The van der Waals surface area contributed by atoms with Gasteiger partial charge in [-0.3, -0.25) is 10.1 Å². The molecule has 1 rings (SSSR count). The van der Waals surface area contributed by atoms with Crippen molar-refractivity contribution in [1.82, 2.24) is 0 Å². The molecule has 1 atom stereocenters. The van der Waals surface area contributed by atoms with Crippen molar-refractivity contribution in [2.24, 2.45) is 0 Å². The third-order valence-electron chi connectivity index (χ3n) is 3.71. The number of rotatable bonds is 8. The molecule has 0 fully saturated rings. The van der Waals surface area contributed by atoms with Crippen LogP contribution in [0, 0.1) is 10.1 Å². The van der Waals surface area contributed by atoms with Gasteiger partial charge in [-0.25, -0.2) is 0 Å². The van der Waals surface area contributed by atoms with Crippen molar-refractivity contribution >= 4 is 11.4 Å². The standard InChI is InChI=1S/C15H24N2O4/c1-4-13(5-2)16(8-9-18)14-7-6-12(11(3)19)10-15(14)17(20)21/h6-7,10-11,13,18-19H,4-5,8-9H2,1-3H3. The Labute approximate surface area is 125 Å². The molecular weight excluding hydrogens is 272 g/mol. The maximum atomic E-state index is 11.3. The zero-order valence-electron chi connectivity index (χ0n) is 12.8. The molecule has 0 spiro atoms. The Morgan fingerprint density at radius 3 is 2.38 bits per heavy atom. The van der Waals surface area contributed by atoms with Gasteiger partial charge in [-0.15, -0.1) is 0 Å². The molecule has 1 aromatic carbocycles. The van der Waals surface area contributed by atoms with E-state index in [0.29, 0.717) is 17.8 Å². The van der Waals surface area contributed by atoms with E-state index in [9.17, 15) is 20.3 Å². The molecule has 2 N–H and O–H groups in total. The van der Waals surface area contributed by atoms with E-state index in [0.717, 1.165) is 12.8 Å². The highest BCUT2D eigenvalue weighted by Gasteiger charge is 2.24. The molecule has 0 aliphatic carbocycles. The molecule has 0 aliphatic heterocycles. The van der Waals surface area contributed by atoms with E-state index in [-0.39, 0.29) is 18.3 Å². The summed E-state index contributed by atoms with van der Waals surface area (Å²) >= 11 is 0. The SMILES string of the molecule is CCC(CC)N(CCO)c1ccc(C(C)O)cc1[N+](=O)[O-]. The quantitative estimate of drug-likeness (QED) is 0.569. The van der Waals surface area contributed by atoms with Crippen LogP contribution in [-0.2, 0) is 0 Å². The number of nitro benzene ring substituents is 1. The van der Waals surface area contributed by atoms with E-state index >= 15 is 0 Å². The van der Waals surface area contributed by atoms with E-state index in [1.807, 2.05) is 18.7 Å². The van der Waals surface area contributed by atoms with Crippen LogP contribution in [0.2, 0.25) is 0 Å². The second-order valence-corrected chi connectivity index (χ2v) is 5.07. The Balaban J connectivity index is 3.32. The summed E-state index contributed by atoms with van der Waals surface area (Å²) in [6, 6.07) is 4.90. The highest BCUT2D eigenvalue weighted by molar-refractivity contribution is 5.65. The Kier molecular flexibility index (Phi) is 6.58. The lowest BCUT2D eigenvalue weighted by molar-refractivity contribution is -0.384. The first-order valence-corrected chi connectivity index (χ1v) is 7.30. The minimum absolute atomic E-state index is 0.0336. The number of aliphatic hydroxyl groups excluding tert-OH is 2. The Morgan fingerprint density at radius 1 is 1.33 bits per heavy atom. The van der Waals surface area contributed by atoms with Crippen molar-refractivity contribution in [3.63, 3.8) is 0 Å². The van der Waals surface area contributed by atoms with Crippen LogP contribution in [0.3, 0.4) is 0 Å². The number of benzene rings is 1.